The van der Waals surface area contributed by atoms with Gasteiger partial charge in [0.1, 0.15) is 12.1 Å². The molecule has 1 atom stereocenters. The van der Waals surface area contributed by atoms with E-state index in [-0.39, 0.29) is 11.8 Å². The highest BCUT2D eigenvalue weighted by Gasteiger charge is 2.28. The van der Waals surface area contributed by atoms with Crippen LogP contribution in [0.1, 0.15) is 17.3 Å². The number of anilines is 1. The number of ketones is 1. The molecule has 1 aromatic carbocycles. The van der Waals surface area contributed by atoms with Crippen LogP contribution in [0.3, 0.4) is 0 Å². The van der Waals surface area contributed by atoms with Crippen LogP contribution in [0.25, 0.3) is 21.9 Å². The molecule has 3 aromatic heterocycles. The van der Waals surface area contributed by atoms with Gasteiger partial charge in [-0.3, -0.25) is 14.4 Å². The number of rotatable bonds is 4. The van der Waals surface area contributed by atoms with Crippen LogP contribution >= 0.6 is 0 Å². The Morgan fingerprint density at radius 2 is 1.90 bits per heavy atom. The summed E-state index contributed by atoms with van der Waals surface area (Å²) in [4.78, 5) is 29.7. The Morgan fingerprint density at radius 1 is 1.10 bits per heavy atom. The maximum Gasteiger partial charge on any atom is 0.181 e. The number of nitrogens with zero attached hydrogens (tertiary/aromatic N) is 6. The number of hydrogen-bond acceptors (Lipinski definition) is 6. The first-order valence-electron chi connectivity index (χ1n) is 9.85. The topological polar surface area (TPSA) is 82.9 Å². The van der Waals surface area contributed by atoms with Gasteiger partial charge in [0.05, 0.1) is 17.6 Å². The average molecular weight is 389 g/mol. The van der Waals surface area contributed by atoms with E-state index in [1.165, 1.54) is 0 Å². The number of fused-ring (bicyclic) bond motifs is 2. The third-order valence-electron chi connectivity index (χ3n) is 5.90. The van der Waals surface area contributed by atoms with Crippen LogP contribution in [0.2, 0.25) is 0 Å². The molecule has 148 valence electrons. The Hall–Kier alpha value is -3.26. The van der Waals surface area contributed by atoms with Crippen molar-refractivity contribution in [3.05, 3.63) is 48.5 Å². The first kappa shape index (κ1) is 17.8. The number of Topliss-reactive ketones (excluding diaryl/α,β-unsaturated/α-hetero) is 1. The predicted octanol–water partition coefficient (Wildman–Crippen LogP) is 2.24. The second kappa shape index (κ2) is 6.97. The van der Waals surface area contributed by atoms with Crippen molar-refractivity contribution >= 4 is 33.5 Å². The molecule has 1 saturated heterocycles. The number of nitrogens with one attached hydrogen (secondary N) is 1. The molecule has 4 heterocycles. The summed E-state index contributed by atoms with van der Waals surface area (Å²) in [5.74, 6) is 1.07. The van der Waals surface area contributed by atoms with Gasteiger partial charge >= 0.3 is 0 Å². The summed E-state index contributed by atoms with van der Waals surface area (Å²) in [7, 11) is 1.88. The molecule has 5 rings (SSSR count). The quantitative estimate of drug-likeness (QED) is 0.539. The molecule has 0 saturated carbocycles. The Labute approximate surface area is 168 Å². The zero-order valence-electron chi connectivity index (χ0n) is 16.5. The van der Waals surface area contributed by atoms with Gasteiger partial charge in [-0.2, -0.15) is 5.10 Å². The number of H-pyrrole nitrogens is 1. The van der Waals surface area contributed by atoms with Gasteiger partial charge < -0.3 is 9.88 Å². The summed E-state index contributed by atoms with van der Waals surface area (Å²) in [6.07, 6.45) is 5.24. The lowest BCUT2D eigenvalue weighted by molar-refractivity contribution is 0.0831. The monoisotopic (exact) mass is 389 g/mol. The lowest BCUT2D eigenvalue weighted by atomic mass is 10.0. The summed E-state index contributed by atoms with van der Waals surface area (Å²) in [6, 6.07) is 7.77. The predicted molar refractivity (Wildman–Crippen MR) is 112 cm³/mol. The van der Waals surface area contributed by atoms with Gasteiger partial charge in [0, 0.05) is 55.9 Å². The number of benzene rings is 1. The minimum absolute atomic E-state index is 0.160. The van der Waals surface area contributed by atoms with Crippen molar-refractivity contribution in [1.82, 2.24) is 29.6 Å². The second-order valence-corrected chi connectivity index (χ2v) is 7.51. The van der Waals surface area contributed by atoms with Gasteiger partial charge in [0.2, 0.25) is 0 Å². The van der Waals surface area contributed by atoms with Crippen LogP contribution in [-0.4, -0.2) is 67.6 Å². The zero-order chi connectivity index (χ0) is 20.0. The molecule has 8 heteroatoms. The third kappa shape index (κ3) is 2.96. The molecule has 8 nitrogen and oxygen atoms in total. The molecule has 1 aliphatic heterocycles. The Morgan fingerprint density at radius 3 is 2.72 bits per heavy atom. The summed E-state index contributed by atoms with van der Waals surface area (Å²) in [5.41, 5.74) is 2.60. The van der Waals surface area contributed by atoms with Crippen LogP contribution in [0, 0.1) is 0 Å². The highest BCUT2D eigenvalue weighted by molar-refractivity contribution is 6.10. The summed E-state index contributed by atoms with van der Waals surface area (Å²) >= 11 is 0. The molecule has 1 N–H and O–H groups in total. The zero-order valence-corrected chi connectivity index (χ0v) is 16.5. The van der Waals surface area contributed by atoms with Crippen LogP contribution in [0.5, 0.6) is 0 Å². The van der Waals surface area contributed by atoms with Crippen LogP contribution < -0.4 is 4.90 Å². The fourth-order valence-electron chi connectivity index (χ4n) is 4.19. The van der Waals surface area contributed by atoms with E-state index in [0.717, 1.165) is 59.5 Å². The maximum atomic E-state index is 13.1. The number of piperazine rings is 1. The molecule has 0 spiro atoms. The fraction of sp³-hybridized carbons (Fsp3) is 0.333. The number of para-hydroxylation sites is 1. The van der Waals surface area contributed by atoms with E-state index in [0.29, 0.717) is 0 Å². The average Bonchev–Trinajstić information content (AvgIpc) is 3.37. The molecule has 0 bridgehead atoms. The third-order valence-corrected chi connectivity index (χ3v) is 5.90. The van der Waals surface area contributed by atoms with Gasteiger partial charge in [-0.1, -0.05) is 18.2 Å². The SMILES string of the molecule is CC(C(=O)c1c[nH]c2ccccc12)N1CCN(c2ncnc3c2cnn3C)CC1. The molecule has 1 fully saturated rings. The van der Waals surface area contributed by atoms with E-state index in [9.17, 15) is 4.79 Å². The van der Waals surface area contributed by atoms with Gasteiger partial charge in [-0.05, 0) is 13.0 Å². The standard InChI is InChI=1S/C21H23N7O/c1-14(19(29)16-11-22-18-6-4-3-5-15(16)18)27-7-9-28(10-8-27)21-17-12-25-26(2)20(17)23-13-24-21/h3-6,11-14,22H,7-10H2,1-2H3. The largest absolute Gasteiger partial charge is 0.360 e. The Bertz CT molecular complexity index is 1190. The molecule has 1 unspecified atom stereocenters. The number of hydrogen-bond donors (Lipinski definition) is 1. The van der Waals surface area contributed by atoms with Crippen LogP contribution in [0.4, 0.5) is 5.82 Å². The smallest absolute Gasteiger partial charge is 0.181 e. The minimum Gasteiger partial charge on any atom is -0.360 e. The molecule has 1 aliphatic rings. The van der Waals surface area contributed by atoms with Crippen LogP contribution in [-0.2, 0) is 7.05 Å². The van der Waals surface area contributed by atoms with Crippen molar-refractivity contribution in [2.75, 3.05) is 31.1 Å². The minimum atomic E-state index is -0.167. The lowest BCUT2D eigenvalue weighted by Crippen LogP contribution is -2.52. The van der Waals surface area contributed by atoms with Gasteiger partial charge in [-0.15, -0.1) is 0 Å². The Balaban J connectivity index is 1.31. The molecule has 29 heavy (non-hydrogen) atoms. The maximum absolute atomic E-state index is 13.1. The van der Waals surface area contributed by atoms with E-state index in [1.807, 2.05) is 50.6 Å². The van der Waals surface area contributed by atoms with E-state index in [2.05, 4.69) is 29.9 Å². The van der Waals surface area contributed by atoms with E-state index < -0.39 is 0 Å². The van der Waals surface area contributed by atoms with Crippen LogP contribution in [0.15, 0.2) is 43.0 Å². The lowest BCUT2D eigenvalue weighted by Gasteiger charge is -2.38. The van der Waals surface area contributed by atoms with Gasteiger partial charge in [0.15, 0.2) is 11.4 Å². The highest BCUT2D eigenvalue weighted by Crippen LogP contribution is 2.25. The molecular formula is C21H23N7O. The number of carbonyl (C=O) groups is 1. The molecule has 4 aromatic rings. The normalized spacial score (nSPS) is 16.6. The molecule has 0 radical (unpaired) electrons. The summed E-state index contributed by atoms with van der Waals surface area (Å²) in [5, 5.41) is 6.25. The van der Waals surface area contributed by atoms with Gasteiger partial charge in [-0.25, -0.2) is 9.97 Å². The molecular weight excluding hydrogens is 366 g/mol. The van der Waals surface area contributed by atoms with Crippen molar-refractivity contribution < 1.29 is 4.79 Å². The Kier molecular flexibility index (Phi) is 4.28. The van der Waals surface area contributed by atoms with Crippen molar-refractivity contribution in [2.45, 2.75) is 13.0 Å². The fourth-order valence-corrected chi connectivity index (χ4v) is 4.19. The molecule has 0 aliphatic carbocycles. The number of aryl methyl sites for hydroxylation is 1. The first-order chi connectivity index (χ1) is 14.1. The number of carbonyl (C=O) groups excluding carboxylic acids is 1. The number of aromatic nitrogens is 5. The first-order valence-corrected chi connectivity index (χ1v) is 9.85. The van der Waals surface area contributed by atoms with Crippen molar-refractivity contribution in [3.8, 4) is 0 Å². The summed E-state index contributed by atoms with van der Waals surface area (Å²) < 4.78 is 1.76. The number of aromatic amines is 1. The summed E-state index contributed by atoms with van der Waals surface area (Å²) in [6.45, 7) is 5.24. The van der Waals surface area contributed by atoms with E-state index >= 15 is 0 Å². The van der Waals surface area contributed by atoms with Crippen molar-refractivity contribution in [1.29, 1.82) is 0 Å². The van der Waals surface area contributed by atoms with Gasteiger partial charge in [0.25, 0.3) is 0 Å². The molecule has 0 amide bonds. The second-order valence-electron chi connectivity index (χ2n) is 7.51. The van der Waals surface area contributed by atoms with Crippen molar-refractivity contribution in [2.24, 2.45) is 7.05 Å². The van der Waals surface area contributed by atoms with Crippen molar-refractivity contribution in [3.63, 3.8) is 0 Å². The van der Waals surface area contributed by atoms with E-state index in [4.69, 9.17) is 0 Å². The highest BCUT2D eigenvalue weighted by atomic mass is 16.1. The van der Waals surface area contributed by atoms with E-state index in [1.54, 1.807) is 11.0 Å².